The van der Waals surface area contributed by atoms with Crippen LogP contribution in [-0.2, 0) is 16.5 Å². The average molecular weight is 267 g/mol. The quantitative estimate of drug-likeness (QED) is 0.862. The zero-order chi connectivity index (χ0) is 13.9. The summed E-state index contributed by atoms with van der Waals surface area (Å²) < 4.78 is 12.8. The van der Waals surface area contributed by atoms with Crippen LogP contribution in [0, 0.1) is 5.92 Å². The molecule has 2 heterocycles. The van der Waals surface area contributed by atoms with Crippen molar-refractivity contribution in [3.63, 3.8) is 0 Å². The number of aromatic nitrogens is 2. The van der Waals surface area contributed by atoms with E-state index in [1.807, 2.05) is 6.92 Å². The Balaban J connectivity index is 1.79. The maximum absolute atomic E-state index is 11.9. The highest BCUT2D eigenvalue weighted by Gasteiger charge is 2.32. The van der Waals surface area contributed by atoms with Crippen molar-refractivity contribution in [2.75, 3.05) is 19.8 Å². The number of rotatable bonds is 5. The van der Waals surface area contributed by atoms with Crippen molar-refractivity contribution in [3.8, 4) is 0 Å². The molecule has 1 aliphatic heterocycles. The molecule has 6 heteroatoms. The predicted octanol–water partition coefficient (Wildman–Crippen LogP) is 0.939. The highest BCUT2D eigenvalue weighted by molar-refractivity contribution is 5.90. The normalized spacial score (nSPS) is 19.3. The van der Waals surface area contributed by atoms with Gasteiger partial charge in [0.15, 0.2) is 11.6 Å². The molecular weight excluding hydrogens is 246 g/mol. The van der Waals surface area contributed by atoms with E-state index in [4.69, 9.17) is 9.47 Å². The second-order valence-electron chi connectivity index (χ2n) is 5.21. The smallest absolute Gasteiger partial charge is 0.287 e. The van der Waals surface area contributed by atoms with Gasteiger partial charge in [0.2, 0.25) is 0 Å². The van der Waals surface area contributed by atoms with Gasteiger partial charge in [0.05, 0.1) is 13.2 Å². The van der Waals surface area contributed by atoms with Gasteiger partial charge in [-0.05, 0) is 12.8 Å². The Morgan fingerprint density at radius 3 is 2.84 bits per heavy atom. The van der Waals surface area contributed by atoms with E-state index >= 15 is 0 Å². The first-order valence-corrected chi connectivity index (χ1v) is 6.53. The molecular formula is C13H21N3O3. The monoisotopic (exact) mass is 267 g/mol. The number of aryl methyl sites for hydroxylation is 1. The lowest BCUT2D eigenvalue weighted by atomic mass is 10.0. The Labute approximate surface area is 113 Å². The van der Waals surface area contributed by atoms with Crippen molar-refractivity contribution in [1.82, 2.24) is 14.9 Å². The summed E-state index contributed by atoms with van der Waals surface area (Å²) in [7, 11) is 1.80. The lowest BCUT2D eigenvalue weighted by molar-refractivity contribution is -0.153. The first kappa shape index (κ1) is 14.0. The summed E-state index contributed by atoms with van der Waals surface area (Å²) in [6.07, 6.45) is 4.12. The lowest BCUT2D eigenvalue weighted by Crippen LogP contribution is -2.35. The predicted molar refractivity (Wildman–Crippen MR) is 69.6 cm³/mol. The fourth-order valence-electron chi connectivity index (χ4n) is 2.31. The summed E-state index contributed by atoms with van der Waals surface area (Å²) in [6, 6.07) is 0. The third kappa shape index (κ3) is 3.54. The molecule has 0 saturated carbocycles. The van der Waals surface area contributed by atoms with Crippen LogP contribution in [0.15, 0.2) is 12.4 Å². The molecule has 1 aliphatic rings. The Morgan fingerprint density at radius 2 is 2.26 bits per heavy atom. The third-order valence-electron chi connectivity index (χ3n) is 3.25. The van der Waals surface area contributed by atoms with Crippen molar-refractivity contribution in [2.24, 2.45) is 13.0 Å². The topological polar surface area (TPSA) is 65.4 Å². The van der Waals surface area contributed by atoms with E-state index in [1.165, 1.54) is 0 Å². The van der Waals surface area contributed by atoms with Gasteiger partial charge in [-0.15, -0.1) is 0 Å². The summed E-state index contributed by atoms with van der Waals surface area (Å²) in [4.78, 5) is 15.9. The molecule has 0 bridgehead atoms. The molecule has 1 atom stereocenters. The first-order chi connectivity index (χ1) is 9.00. The molecule has 1 N–H and O–H groups in total. The van der Waals surface area contributed by atoms with E-state index in [9.17, 15) is 4.79 Å². The Kier molecular flexibility index (Phi) is 4.21. The van der Waals surface area contributed by atoms with Gasteiger partial charge < -0.3 is 19.4 Å². The minimum atomic E-state index is -0.507. The number of carbonyl (C=O) groups is 1. The molecule has 0 radical (unpaired) electrons. The Morgan fingerprint density at radius 1 is 1.58 bits per heavy atom. The standard InChI is InChI=1S/C13H21N3O3/c1-10(8-13(2)18-6-7-19-13)9-15-12(17)11-14-4-5-16(11)3/h4-5,10H,6-9H2,1-3H3,(H,15,17)/t10-/m1/s1. The number of nitrogens with zero attached hydrogens (tertiary/aromatic N) is 2. The summed E-state index contributed by atoms with van der Waals surface area (Å²) in [6.45, 7) is 5.87. The molecule has 0 aromatic carbocycles. The van der Waals surface area contributed by atoms with Crippen molar-refractivity contribution in [2.45, 2.75) is 26.1 Å². The van der Waals surface area contributed by atoms with Crippen molar-refractivity contribution in [3.05, 3.63) is 18.2 Å². The minimum absolute atomic E-state index is 0.155. The van der Waals surface area contributed by atoms with Crippen LogP contribution in [0.2, 0.25) is 0 Å². The maximum Gasteiger partial charge on any atom is 0.287 e. The fourth-order valence-corrected chi connectivity index (χ4v) is 2.31. The third-order valence-corrected chi connectivity index (χ3v) is 3.25. The van der Waals surface area contributed by atoms with E-state index in [1.54, 1.807) is 24.0 Å². The van der Waals surface area contributed by atoms with Crippen LogP contribution in [0.1, 0.15) is 30.9 Å². The summed E-state index contributed by atoms with van der Waals surface area (Å²) in [5, 5.41) is 2.88. The number of carbonyl (C=O) groups excluding carboxylic acids is 1. The minimum Gasteiger partial charge on any atom is -0.349 e. The van der Waals surface area contributed by atoms with Crippen LogP contribution in [-0.4, -0.2) is 41.0 Å². The molecule has 6 nitrogen and oxygen atoms in total. The van der Waals surface area contributed by atoms with Gasteiger partial charge in [0.1, 0.15) is 0 Å². The van der Waals surface area contributed by atoms with Gasteiger partial charge in [-0.1, -0.05) is 6.92 Å². The van der Waals surface area contributed by atoms with Gasteiger partial charge in [0, 0.05) is 32.4 Å². The molecule has 1 aromatic rings. The van der Waals surface area contributed by atoms with Gasteiger partial charge >= 0.3 is 0 Å². The molecule has 0 spiro atoms. The highest BCUT2D eigenvalue weighted by Crippen LogP contribution is 2.26. The van der Waals surface area contributed by atoms with E-state index in [0.717, 1.165) is 6.42 Å². The number of amides is 1. The molecule has 2 rings (SSSR count). The SMILES string of the molecule is C[C@@H](CNC(=O)c1nccn1C)CC1(C)OCCO1. The number of imidazole rings is 1. The summed E-state index contributed by atoms with van der Waals surface area (Å²) in [5.41, 5.74) is 0. The van der Waals surface area contributed by atoms with Crippen molar-refractivity contribution in [1.29, 1.82) is 0 Å². The second kappa shape index (κ2) is 5.71. The average Bonchev–Trinajstić information content (AvgIpc) is 2.95. The zero-order valence-corrected chi connectivity index (χ0v) is 11.7. The number of hydrogen-bond acceptors (Lipinski definition) is 4. The van der Waals surface area contributed by atoms with E-state index < -0.39 is 5.79 Å². The van der Waals surface area contributed by atoms with Crippen LogP contribution >= 0.6 is 0 Å². The van der Waals surface area contributed by atoms with E-state index in [2.05, 4.69) is 17.2 Å². The van der Waals surface area contributed by atoms with Gasteiger partial charge in [-0.2, -0.15) is 0 Å². The Hall–Kier alpha value is -1.40. The van der Waals surface area contributed by atoms with Crippen LogP contribution in [0.3, 0.4) is 0 Å². The fraction of sp³-hybridized carbons (Fsp3) is 0.692. The number of nitrogens with one attached hydrogen (secondary N) is 1. The van der Waals surface area contributed by atoms with Gasteiger partial charge in [-0.25, -0.2) is 4.98 Å². The molecule has 1 amide bonds. The molecule has 1 saturated heterocycles. The lowest BCUT2D eigenvalue weighted by Gasteiger charge is -2.25. The molecule has 0 unspecified atom stereocenters. The van der Waals surface area contributed by atoms with Gasteiger partial charge in [0.25, 0.3) is 5.91 Å². The van der Waals surface area contributed by atoms with Crippen molar-refractivity contribution >= 4 is 5.91 Å². The van der Waals surface area contributed by atoms with Crippen molar-refractivity contribution < 1.29 is 14.3 Å². The van der Waals surface area contributed by atoms with E-state index in [-0.39, 0.29) is 11.8 Å². The summed E-state index contributed by atoms with van der Waals surface area (Å²) in [5.74, 6) is 0.0322. The molecule has 0 aliphatic carbocycles. The largest absolute Gasteiger partial charge is 0.349 e. The molecule has 1 fully saturated rings. The van der Waals surface area contributed by atoms with Crippen LogP contribution in [0.5, 0.6) is 0 Å². The van der Waals surface area contributed by atoms with Gasteiger partial charge in [-0.3, -0.25) is 4.79 Å². The van der Waals surface area contributed by atoms with Crippen LogP contribution < -0.4 is 5.32 Å². The Bertz CT molecular complexity index is 438. The van der Waals surface area contributed by atoms with Crippen LogP contribution in [0.25, 0.3) is 0 Å². The zero-order valence-electron chi connectivity index (χ0n) is 11.7. The highest BCUT2D eigenvalue weighted by atomic mass is 16.7. The number of hydrogen-bond donors (Lipinski definition) is 1. The van der Waals surface area contributed by atoms with Crippen LogP contribution in [0.4, 0.5) is 0 Å². The number of ether oxygens (including phenoxy) is 2. The molecule has 1 aromatic heterocycles. The molecule has 19 heavy (non-hydrogen) atoms. The van der Waals surface area contributed by atoms with E-state index in [0.29, 0.717) is 25.6 Å². The second-order valence-corrected chi connectivity index (χ2v) is 5.21. The maximum atomic E-state index is 11.9. The first-order valence-electron chi connectivity index (χ1n) is 6.53. The molecule has 106 valence electrons. The summed E-state index contributed by atoms with van der Waals surface area (Å²) >= 11 is 0.